The molecule has 1 saturated carbocycles. The molecule has 3 N–H and O–H groups in total. The minimum Gasteiger partial charge on any atom is -0.382 e. The number of rotatable bonds is 12. The lowest BCUT2D eigenvalue weighted by Crippen LogP contribution is -2.54. The van der Waals surface area contributed by atoms with Crippen molar-refractivity contribution in [2.45, 2.75) is 38.5 Å². The van der Waals surface area contributed by atoms with Crippen LogP contribution in [-0.4, -0.2) is 85.4 Å². The molecule has 2 saturated heterocycles. The number of nitrogens with zero attached hydrogens (tertiary/aromatic N) is 6. The van der Waals surface area contributed by atoms with Crippen LogP contribution in [0, 0.1) is 23.7 Å². The van der Waals surface area contributed by atoms with Gasteiger partial charge in [-0.2, -0.15) is 0 Å². The molecule has 3 fully saturated rings. The van der Waals surface area contributed by atoms with Crippen LogP contribution in [0.3, 0.4) is 0 Å². The molecule has 5 aliphatic rings. The van der Waals surface area contributed by atoms with E-state index in [1.807, 2.05) is 18.2 Å². The summed E-state index contributed by atoms with van der Waals surface area (Å²) in [6.45, 7) is 1.06. The van der Waals surface area contributed by atoms with E-state index in [0.29, 0.717) is 46.9 Å². The molecule has 17 heteroatoms. The van der Waals surface area contributed by atoms with E-state index in [1.54, 1.807) is 59.5 Å². The van der Waals surface area contributed by atoms with E-state index in [9.17, 15) is 33.6 Å². The largest absolute Gasteiger partial charge is 0.382 e. The maximum Gasteiger partial charge on any atom is 0.264 e. The minimum absolute atomic E-state index is 0.0396. The van der Waals surface area contributed by atoms with Gasteiger partial charge in [-0.25, -0.2) is 4.68 Å². The van der Waals surface area contributed by atoms with Crippen LogP contribution in [0.25, 0.3) is 10.9 Å². The van der Waals surface area contributed by atoms with Gasteiger partial charge in [-0.3, -0.25) is 53.7 Å². The van der Waals surface area contributed by atoms with E-state index in [0.717, 1.165) is 22.3 Å². The van der Waals surface area contributed by atoms with Gasteiger partial charge in [-0.1, -0.05) is 35.6 Å². The number of nitrogens with one attached hydrogen (secondary N) is 3. The van der Waals surface area contributed by atoms with Gasteiger partial charge in [-0.15, -0.1) is 5.10 Å². The normalized spacial score (nSPS) is 22.7. The Hall–Kier alpha value is -7.40. The maximum absolute atomic E-state index is 13.4. The van der Waals surface area contributed by atoms with Crippen molar-refractivity contribution in [3.63, 3.8) is 0 Å². The number of fused-ring (bicyclic) bond motifs is 7. The highest BCUT2D eigenvalue weighted by Crippen LogP contribution is 2.53. The third-order valence-electron chi connectivity index (χ3n) is 12.2. The lowest BCUT2D eigenvalue weighted by atomic mass is 9.85. The summed E-state index contributed by atoms with van der Waals surface area (Å²) in [5, 5.41) is 17.6. The van der Waals surface area contributed by atoms with Gasteiger partial charge in [0, 0.05) is 35.8 Å². The van der Waals surface area contributed by atoms with E-state index >= 15 is 0 Å². The summed E-state index contributed by atoms with van der Waals surface area (Å²) in [5.41, 5.74) is 4.19. The number of piperidine rings is 1. The molecule has 0 spiro atoms. The summed E-state index contributed by atoms with van der Waals surface area (Å²) in [5.74, 6) is -3.34. The van der Waals surface area contributed by atoms with Crippen molar-refractivity contribution in [3.8, 4) is 0 Å². The van der Waals surface area contributed by atoms with Crippen LogP contribution >= 0.6 is 0 Å². The molecule has 5 aromatic rings. The molecule has 17 nitrogen and oxygen atoms in total. The van der Waals surface area contributed by atoms with Gasteiger partial charge < -0.3 is 15.4 Å². The van der Waals surface area contributed by atoms with E-state index in [2.05, 4.69) is 43.4 Å². The molecule has 5 unspecified atom stereocenters. The van der Waals surface area contributed by atoms with Crippen LogP contribution < -0.4 is 20.9 Å². The second-order valence-electron chi connectivity index (χ2n) is 15.7. The number of para-hydroxylation sites is 1. The minimum atomic E-state index is -1.05. The number of ether oxygens (including phenoxy) is 1. The van der Waals surface area contributed by atoms with E-state index in [-0.39, 0.29) is 78.6 Å². The first kappa shape index (κ1) is 37.8. The van der Waals surface area contributed by atoms with Crippen molar-refractivity contribution in [2.75, 3.05) is 28.7 Å². The Bertz CT molecular complexity index is 2720. The van der Waals surface area contributed by atoms with Crippen molar-refractivity contribution in [1.29, 1.82) is 0 Å². The number of benzene rings is 3. The topological polar surface area (TPSA) is 215 Å². The molecule has 7 amide bonds. The molecule has 10 rings (SSSR count). The zero-order valence-electron chi connectivity index (χ0n) is 32.4. The average Bonchev–Trinajstić information content (AvgIpc) is 4.09. The number of hydrogen-bond acceptors (Lipinski definition) is 12. The number of allylic oxidation sites excluding steroid dienone is 2. The Morgan fingerprint density at radius 2 is 1.62 bits per heavy atom. The number of carbonyl (C=O) groups excluding carboxylic acids is 7. The van der Waals surface area contributed by atoms with Crippen LogP contribution in [0.15, 0.2) is 91.3 Å². The van der Waals surface area contributed by atoms with Crippen molar-refractivity contribution in [2.24, 2.45) is 23.7 Å². The number of amides is 7. The smallest absolute Gasteiger partial charge is 0.264 e. The van der Waals surface area contributed by atoms with Crippen LogP contribution in [0.1, 0.15) is 61.6 Å². The number of pyridine rings is 1. The lowest BCUT2D eigenvalue weighted by molar-refractivity contribution is -0.136. The van der Waals surface area contributed by atoms with Crippen molar-refractivity contribution < 1.29 is 38.3 Å². The molecular formula is C44H37N9O8. The predicted molar refractivity (Wildman–Crippen MR) is 217 cm³/mol. The fourth-order valence-corrected chi connectivity index (χ4v) is 9.34. The van der Waals surface area contributed by atoms with Crippen molar-refractivity contribution in [1.82, 2.24) is 30.2 Å². The van der Waals surface area contributed by atoms with Gasteiger partial charge in [0.25, 0.3) is 17.7 Å². The Balaban J connectivity index is 0.737. The second kappa shape index (κ2) is 15.0. The average molecular weight is 820 g/mol. The van der Waals surface area contributed by atoms with E-state index in [4.69, 9.17) is 4.74 Å². The second-order valence-corrected chi connectivity index (χ2v) is 15.7. The van der Waals surface area contributed by atoms with Gasteiger partial charge in [-0.05, 0) is 78.8 Å². The first-order chi connectivity index (χ1) is 29.6. The lowest BCUT2D eigenvalue weighted by Gasteiger charge is -2.27. The van der Waals surface area contributed by atoms with E-state index in [1.165, 1.54) is 11.0 Å². The molecule has 306 valence electrons. The van der Waals surface area contributed by atoms with Gasteiger partial charge in [0.2, 0.25) is 23.6 Å². The SMILES string of the molecule is O=C1CCC(N2C(=O)c3cccc(NCCOCc4cn(Cc5ccnc6c(NC(=O)c7ccc(N8C(=O)C9C%10C=CC(C%10)C9C8=O)cc7)cccc56)nn4)c3C2=O)C(=O)N1. The highest BCUT2D eigenvalue weighted by molar-refractivity contribution is 6.26. The predicted octanol–water partition coefficient (Wildman–Crippen LogP) is 3.47. The van der Waals surface area contributed by atoms with Crippen molar-refractivity contribution in [3.05, 3.63) is 119 Å². The summed E-state index contributed by atoms with van der Waals surface area (Å²) in [6, 6.07) is 17.7. The standard InChI is InChI=1S/C44H37N9O8/c54-34-14-13-33(40(56)48-34)53-41(57)30-4-2-5-31(37(30)44(53)60)45-17-18-61-22-27-21-51(50-49-27)20-26-15-16-46-38-29(26)3-1-6-32(38)47-39(55)23-9-11-28(12-10-23)52-42(58)35-24-7-8-25(19-24)36(35)43(52)59/h1-12,15-16,21,24-25,33,35-36,45H,13-14,17-20,22H2,(H,47,55)(H,48,54,56). The zero-order chi connectivity index (χ0) is 41.9. The fourth-order valence-electron chi connectivity index (χ4n) is 9.34. The van der Waals surface area contributed by atoms with Crippen molar-refractivity contribution >= 4 is 69.3 Å². The van der Waals surface area contributed by atoms with Crippen LogP contribution in [0.4, 0.5) is 17.1 Å². The molecule has 5 heterocycles. The summed E-state index contributed by atoms with van der Waals surface area (Å²) >= 11 is 0. The van der Waals surface area contributed by atoms with Gasteiger partial charge >= 0.3 is 0 Å². The molecule has 2 bridgehead atoms. The summed E-state index contributed by atoms with van der Waals surface area (Å²) < 4.78 is 7.50. The molecule has 61 heavy (non-hydrogen) atoms. The first-order valence-electron chi connectivity index (χ1n) is 20.0. The van der Waals surface area contributed by atoms with Crippen LogP contribution in [-0.2, 0) is 37.1 Å². The molecule has 3 aromatic carbocycles. The number of aromatic nitrogens is 4. The van der Waals surface area contributed by atoms with Gasteiger partial charge in [0.1, 0.15) is 11.7 Å². The summed E-state index contributed by atoms with van der Waals surface area (Å²) in [6.07, 6.45) is 8.52. The Labute approximate surface area is 347 Å². The van der Waals surface area contributed by atoms with Gasteiger partial charge in [0.15, 0.2) is 0 Å². The number of carbonyl (C=O) groups is 7. The fraction of sp³-hybridized carbons (Fsp3) is 0.273. The molecular weight excluding hydrogens is 783 g/mol. The number of anilines is 3. The summed E-state index contributed by atoms with van der Waals surface area (Å²) in [4.78, 5) is 97.2. The Kier molecular flexibility index (Phi) is 9.31. The van der Waals surface area contributed by atoms with Crippen LogP contribution in [0.5, 0.6) is 0 Å². The van der Waals surface area contributed by atoms with Crippen LogP contribution in [0.2, 0.25) is 0 Å². The highest BCUT2D eigenvalue weighted by atomic mass is 16.5. The number of imide groups is 3. The Morgan fingerprint density at radius 1 is 0.869 bits per heavy atom. The third kappa shape index (κ3) is 6.53. The third-order valence-corrected chi connectivity index (χ3v) is 12.2. The van der Waals surface area contributed by atoms with E-state index < -0.39 is 29.7 Å². The molecule has 3 aliphatic heterocycles. The molecule has 2 aliphatic carbocycles. The zero-order valence-corrected chi connectivity index (χ0v) is 32.4. The number of hydrogen-bond donors (Lipinski definition) is 3. The van der Waals surface area contributed by atoms with Gasteiger partial charge in [0.05, 0.1) is 65.8 Å². The molecule has 2 aromatic heterocycles. The molecule has 0 radical (unpaired) electrons. The monoisotopic (exact) mass is 819 g/mol. The maximum atomic E-state index is 13.4. The quantitative estimate of drug-likeness (QED) is 0.0938. The summed E-state index contributed by atoms with van der Waals surface area (Å²) in [7, 11) is 0. The Morgan fingerprint density at radius 3 is 2.39 bits per heavy atom. The highest BCUT2D eigenvalue weighted by Gasteiger charge is 2.59. The first-order valence-corrected chi connectivity index (χ1v) is 20.0. The molecule has 5 atom stereocenters.